The molecule has 3 aromatic rings. The van der Waals surface area contributed by atoms with Gasteiger partial charge in [0.25, 0.3) is 0 Å². The molecule has 1 aliphatic heterocycles. The Morgan fingerprint density at radius 2 is 1.97 bits per heavy atom. The van der Waals surface area contributed by atoms with Crippen molar-refractivity contribution in [2.45, 2.75) is 81.1 Å². The fourth-order valence-electron chi connectivity index (χ4n) is 5.11. The first-order valence-electron chi connectivity index (χ1n) is 13.4. The molecule has 0 radical (unpaired) electrons. The maximum Gasteiger partial charge on any atom is 0.407 e. The van der Waals surface area contributed by atoms with Gasteiger partial charge < -0.3 is 20.1 Å². The number of sulfone groups is 1. The Hall–Kier alpha value is -2.96. The number of aryl methyl sites for hydroxylation is 1. The Labute approximate surface area is 232 Å². The monoisotopic (exact) mass is 573 g/mol. The molecule has 2 aliphatic rings. The van der Waals surface area contributed by atoms with Gasteiger partial charge in [-0.3, -0.25) is 5.10 Å². The van der Waals surface area contributed by atoms with Crippen LogP contribution in [0.5, 0.6) is 0 Å². The summed E-state index contributed by atoms with van der Waals surface area (Å²) in [6.07, 6.45) is 5.24. The van der Waals surface area contributed by atoms with E-state index in [2.05, 4.69) is 20.8 Å². The van der Waals surface area contributed by atoms with Crippen molar-refractivity contribution in [1.29, 1.82) is 0 Å². The number of aromatic amines is 1. The summed E-state index contributed by atoms with van der Waals surface area (Å²) < 4.78 is 38.1. The van der Waals surface area contributed by atoms with E-state index in [-0.39, 0.29) is 35.7 Å². The summed E-state index contributed by atoms with van der Waals surface area (Å²) in [6.45, 7) is 6.22. The second-order valence-corrected chi connectivity index (χ2v) is 13.8. The van der Waals surface area contributed by atoms with Crippen LogP contribution in [0, 0.1) is 6.92 Å². The number of nitrogens with one attached hydrogen (secondary N) is 3. The number of rotatable bonds is 8. The predicted molar refractivity (Wildman–Crippen MR) is 150 cm³/mol. The molecule has 1 atom stereocenters. The van der Waals surface area contributed by atoms with Gasteiger partial charge >= 0.3 is 6.09 Å². The number of nitrogens with zero attached hydrogens (tertiary/aromatic N) is 2. The summed E-state index contributed by atoms with van der Waals surface area (Å²) in [6, 6.07) is 7.37. The van der Waals surface area contributed by atoms with E-state index in [0.717, 1.165) is 41.3 Å². The van der Waals surface area contributed by atoms with E-state index in [9.17, 15) is 13.2 Å². The molecule has 1 aromatic carbocycles. The number of thiazole rings is 1. The lowest BCUT2D eigenvalue weighted by Crippen LogP contribution is -2.38. The van der Waals surface area contributed by atoms with Crippen LogP contribution in [0.2, 0.25) is 0 Å². The lowest BCUT2D eigenvalue weighted by molar-refractivity contribution is 0.109. The van der Waals surface area contributed by atoms with E-state index in [1.807, 2.05) is 39.0 Å². The SMILES string of the molecule is Cc1cc(Nc2ccc(-c3cnc(C4CCC(NC(=O)OC(C)C)CC4)s3)c(S(=O)(=O)C3CCOC3)c2)n[nH]1. The lowest BCUT2D eigenvalue weighted by atomic mass is 9.86. The normalized spacial score (nSPS) is 21.7. The highest BCUT2D eigenvalue weighted by Crippen LogP contribution is 2.41. The molecule has 1 saturated heterocycles. The average Bonchev–Trinajstić information content (AvgIpc) is 3.67. The third-order valence-electron chi connectivity index (χ3n) is 7.12. The number of benzene rings is 1. The van der Waals surface area contributed by atoms with Crippen LogP contribution in [-0.2, 0) is 19.3 Å². The van der Waals surface area contributed by atoms with Crippen LogP contribution in [0.4, 0.5) is 16.3 Å². The van der Waals surface area contributed by atoms with Gasteiger partial charge in [0.05, 0.1) is 32.7 Å². The van der Waals surface area contributed by atoms with Crippen LogP contribution >= 0.6 is 11.3 Å². The van der Waals surface area contributed by atoms with Gasteiger partial charge in [-0.15, -0.1) is 11.3 Å². The molecule has 1 saturated carbocycles. The second kappa shape index (κ2) is 11.6. The average molecular weight is 574 g/mol. The van der Waals surface area contributed by atoms with Crippen molar-refractivity contribution in [3.05, 3.63) is 41.2 Å². The zero-order valence-corrected chi connectivity index (χ0v) is 24.0. The number of amides is 1. The zero-order chi connectivity index (χ0) is 27.6. The highest BCUT2D eigenvalue weighted by molar-refractivity contribution is 7.92. The van der Waals surface area contributed by atoms with Gasteiger partial charge in [-0.05, 0) is 65.0 Å². The minimum Gasteiger partial charge on any atom is -0.447 e. The Morgan fingerprint density at radius 1 is 1.18 bits per heavy atom. The molecule has 2 fully saturated rings. The number of ether oxygens (including phenoxy) is 2. The first-order valence-corrected chi connectivity index (χ1v) is 15.7. The van der Waals surface area contributed by atoms with Gasteiger partial charge in [-0.2, -0.15) is 5.10 Å². The van der Waals surface area contributed by atoms with Crippen molar-refractivity contribution in [2.75, 3.05) is 18.5 Å². The van der Waals surface area contributed by atoms with E-state index in [1.54, 1.807) is 23.6 Å². The lowest BCUT2D eigenvalue weighted by Gasteiger charge is -2.28. The fourth-order valence-corrected chi connectivity index (χ4v) is 8.11. The van der Waals surface area contributed by atoms with Crippen LogP contribution in [0.3, 0.4) is 0 Å². The van der Waals surface area contributed by atoms with Crippen LogP contribution < -0.4 is 10.6 Å². The van der Waals surface area contributed by atoms with E-state index < -0.39 is 15.1 Å². The molecule has 0 bridgehead atoms. The number of hydrogen-bond acceptors (Lipinski definition) is 9. The maximum absolute atomic E-state index is 13.7. The number of aromatic nitrogens is 3. The number of hydrogen-bond donors (Lipinski definition) is 3. The quantitative estimate of drug-likeness (QED) is 0.330. The van der Waals surface area contributed by atoms with Crippen molar-refractivity contribution in [2.24, 2.45) is 0 Å². The zero-order valence-electron chi connectivity index (χ0n) is 22.4. The molecular formula is C27H35N5O5S2. The molecule has 10 nitrogen and oxygen atoms in total. The summed E-state index contributed by atoms with van der Waals surface area (Å²) in [7, 11) is -3.64. The summed E-state index contributed by atoms with van der Waals surface area (Å²) in [5.41, 5.74) is 2.21. The minimum atomic E-state index is -3.64. The second-order valence-electron chi connectivity index (χ2n) is 10.5. The van der Waals surface area contributed by atoms with Crippen molar-refractivity contribution in [1.82, 2.24) is 20.5 Å². The van der Waals surface area contributed by atoms with Gasteiger partial charge in [0.2, 0.25) is 0 Å². The summed E-state index contributed by atoms with van der Waals surface area (Å²) in [4.78, 5) is 17.8. The van der Waals surface area contributed by atoms with Crippen molar-refractivity contribution >= 4 is 38.8 Å². The molecule has 12 heteroatoms. The summed E-state index contributed by atoms with van der Waals surface area (Å²) in [5, 5.41) is 13.7. The van der Waals surface area contributed by atoms with Crippen LogP contribution in [0.25, 0.3) is 10.4 Å². The Morgan fingerprint density at radius 3 is 2.64 bits per heavy atom. The standard InChI is InChI=1S/C27H35N5O5S2/c1-16(2)37-27(33)30-19-6-4-18(5-7-19)26-28-14-23(38-26)22-9-8-20(29-25-12-17(3)31-32-25)13-24(22)39(34,35)21-10-11-36-15-21/h8-9,12-14,16,18-19,21H,4-7,10-11,15H2,1-3H3,(H,30,33)(H2,29,31,32). The van der Waals surface area contributed by atoms with Crippen LogP contribution in [-0.4, -0.2) is 60.3 Å². The summed E-state index contributed by atoms with van der Waals surface area (Å²) in [5.74, 6) is 0.894. The maximum atomic E-state index is 13.7. The predicted octanol–water partition coefficient (Wildman–Crippen LogP) is 5.31. The van der Waals surface area contributed by atoms with Crippen LogP contribution in [0.15, 0.2) is 35.4 Å². The number of carbonyl (C=O) groups excluding carboxylic acids is 1. The summed E-state index contributed by atoms with van der Waals surface area (Å²) >= 11 is 1.55. The van der Waals surface area contributed by atoms with Gasteiger partial charge in [-0.1, -0.05) is 6.07 Å². The molecule has 39 heavy (non-hydrogen) atoms. The molecule has 1 amide bonds. The molecule has 2 aromatic heterocycles. The van der Waals surface area contributed by atoms with Crippen molar-refractivity contribution < 1.29 is 22.7 Å². The number of H-pyrrole nitrogens is 1. The topological polar surface area (TPSA) is 135 Å². The fraction of sp³-hybridized carbons (Fsp3) is 0.519. The van der Waals surface area contributed by atoms with Gasteiger partial charge in [0, 0.05) is 47.8 Å². The molecule has 3 N–H and O–H groups in total. The molecular weight excluding hydrogens is 538 g/mol. The van der Waals surface area contributed by atoms with E-state index >= 15 is 0 Å². The highest BCUT2D eigenvalue weighted by atomic mass is 32.2. The molecule has 0 spiro atoms. The number of carbonyl (C=O) groups is 1. The van der Waals surface area contributed by atoms with Crippen molar-refractivity contribution in [3.63, 3.8) is 0 Å². The Balaban J connectivity index is 1.36. The Kier molecular flexibility index (Phi) is 8.24. The van der Waals surface area contributed by atoms with Crippen LogP contribution in [0.1, 0.15) is 62.6 Å². The van der Waals surface area contributed by atoms with Gasteiger partial charge in [0.15, 0.2) is 15.7 Å². The number of anilines is 2. The Bertz CT molecular complexity index is 1400. The third kappa shape index (κ3) is 6.44. The van der Waals surface area contributed by atoms with Crippen molar-refractivity contribution in [3.8, 4) is 10.4 Å². The van der Waals surface area contributed by atoms with Gasteiger partial charge in [0.1, 0.15) is 0 Å². The third-order valence-corrected chi connectivity index (χ3v) is 10.5. The van der Waals surface area contributed by atoms with E-state index in [0.29, 0.717) is 30.1 Å². The van der Waals surface area contributed by atoms with E-state index in [4.69, 9.17) is 14.5 Å². The first kappa shape index (κ1) is 27.6. The van der Waals surface area contributed by atoms with Gasteiger partial charge in [-0.25, -0.2) is 18.2 Å². The molecule has 1 aliphatic carbocycles. The molecule has 3 heterocycles. The highest BCUT2D eigenvalue weighted by Gasteiger charge is 2.34. The van der Waals surface area contributed by atoms with E-state index in [1.165, 1.54) is 0 Å². The minimum absolute atomic E-state index is 0.0932. The first-order chi connectivity index (χ1) is 18.7. The number of alkyl carbamates (subject to hydrolysis) is 1. The smallest absolute Gasteiger partial charge is 0.407 e. The molecule has 1 unspecified atom stereocenters. The largest absolute Gasteiger partial charge is 0.447 e. The molecule has 210 valence electrons. The molecule has 5 rings (SSSR count).